The predicted octanol–water partition coefficient (Wildman–Crippen LogP) is 4.42. The van der Waals surface area contributed by atoms with Crippen molar-refractivity contribution >= 4 is 29.3 Å². The van der Waals surface area contributed by atoms with Crippen molar-refractivity contribution in [1.29, 1.82) is 0 Å². The fourth-order valence-electron chi connectivity index (χ4n) is 3.09. The van der Waals surface area contributed by atoms with Crippen molar-refractivity contribution < 1.29 is 9.18 Å². The average molecular weight is 388 g/mol. The van der Waals surface area contributed by atoms with Gasteiger partial charge in [-0.1, -0.05) is 29.8 Å². The molecule has 1 aromatic heterocycles. The van der Waals surface area contributed by atoms with Crippen LogP contribution in [0.4, 0.5) is 4.39 Å². The fraction of sp³-hybridized carbons (Fsp3) is 0.158. The molecule has 4 nitrogen and oxygen atoms in total. The lowest BCUT2D eigenvalue weighted by Gasteiger charge is -2.17. The van der Waals surface area contributed by atoms with E-state index in [9.17, 15) is 9.18 Å². The van der Waals surface area contributed by atoms with Gasteiger partial charge in [-0.2, -0.15) is 5.10 Å². The largest absolute Gasteiger partial charge is 0.346 e. The Morgan fingerprint density at radius 1 is 1.35 bits per heavy atom. The van der Waals surface area contributed by atoms with Crippen LogP contribution >= 0.6 is 23.4 Å². The van der Waals surface area contributed by atoms with Crippen LogP contribution in [0.2, 0.25) is 5.02 Å². The number of aromatic nitrogens is 2. The number of hydrogen-bond acceptors (Lipinski definition) is 3. The maximum Gasteiger partial charge on any atom is 0.272 e. The molecule has 0 saturated carbocycles. The summed E-state index contributed by atoms with van der Waals surface area (Å²) in [6.07, 6.45) is 0. The van der Waals surface area contributed by atoms with Gasteiger partial charge >= 0.3 is 0 Å². The Labute approximate surface area is 159 Å². The highest BCUT2D eigenvalue weighted by Gasteiger charge is 2.28. The Kier molecular flexibility index (Phi) is 4.46. The van der Waals surface area contributed by atoms with Crippen LogP contribution in [0.3, 0.4) is 0 Å². The van der Waals surface area contributed by atoms with Gasteiger partial charge in [-0.3, -0.25) is 9.48 Å². The third kappa shape index (κ3) is 2.99. The summed E-state index contributed by atoms with van der Waals surface area (Å²) in [6, 6.07) is 12.1. The summed E-state index contributed by atoms with van der Waals surface area (Å²) in [4.78, 5) is 13.7. The zero-order valence-electron chi connectivity index (χ0n) is 13.9. The summed E-state index contributed by atoms with van der Waals surface area (Å²) in [5.41, 5.74) is 3.61. The predicted molar refractivity (Wildman–Crippen MR) is 101 cm³/mol. The van der Waals surface area contributed by atoms with Crippen LogP contribution < -0.4 is 5.32 Å². The van der Waals surface area contributed by atoms with E-state index in [4.69, 9.17) is 11.6 Å². The summed E-state index contributed by atoms with van der Waals surface area (Å²) < 4.78 is 15.4. The molecule has 4 rings (SSSR count). The number of rotatable bonds is 3. The Balaban J connectivity index is 1.64. The van der Waals surface area contributed by atoms with E-state index in [1.807, 2.05) is 18.2 Å². The number of carbonyl (C=O) groups is 1. The molecule has 2 aromatic carbocycles. The highest BCUT2D eigenvalue weighted by molar-refractivity contribution is 7.98. The number of fused-ring (bicyclic) bond motifs is 3. The van der Waals surface area contributed by atoms with Crippen molar-refractivity contribution in [3.63, 3.8) is 0 Å². The van der Waals surface area contributed by atoms with Crippen molar-refractivity contribution in [3.05, 3.63) is 70.1 Å². The molecule has 132 valence electrons. The monoisotopic (exact) mass is 387 g/mol. The van der Waals surface area contributed by atoms with Crippen LogP contribution in [-0.2, 0) is 19.3 Å². The number of hydrogen-bond donors (Lipinski definition) is 1. The third-order valence-electron chi connectivity index (χ3n) is 4.33. The number of amides is 1. The molecule has 0 saturated heterocycles. The van der Waals surface area contributed by atoms with E-state index in [0.717, 1.165) is 27.3 Å². The number of aryl methyl sites for hydroxylation is 1. The normalized spacial score (nSPS) is 12.4. The van der Waals surface area contributed by atoms with Gasteiger partial charge in [-0.05, 0) is 29.8 Å². The molecule has 0 fully saturated rings. The number of benzene rings is 2. The van der Waals surface area contributed by atoms with Gasteiger partial charge in [0.15, 0.2) is 5.69 Å². The van der Waals surface area contributed by atoms with E-state index in [-0.39, 0.29) is 11.7 Å². The molecule has 0 atom stereocenters. The minimum Gasteiger partial charge on any atom is -0.346 e. The fourth-order valence-corrected chi connectivity index (χ4v) is 4.34. The highest BCUT2D eigenvalue weighted by atomic mass is 35.5. The SMILES string of the molecule is Cn1nc(C(=O)NCc2ccccc2Cl)c2c1-c1cc(F)ccc1SC2. The second kappa shape index (κ2) is 6.78. The summed E-state index contributed by atoms with van der Waals surface area (Å²) in [7, 11) is 1.77. The standard InChI is InChI=1S/C19H15ClFN3OS/c1-24-18-13-8-12(21)6-7-16(13)26-10-14(18)17(23-24)19(25)22-9-11-4-2-3-5-15(11)20/h2-8H,9-10H2,1H3,(H,22,25). The van der Waals surface area contributed by atoms with Gasteiger partial charge < -0.3 is 5.32 Å². The number of thioether (sulfide) groups is 1. The quantitative estimate of drug-likeness (QED) is 0.723. The maximum atomic E-state index is 13.7. The molecule has 0 radical (unpaired) electrons. The summed E-state index contributed by atoms with van der Waals surface area (Å²) in [5, 5.41) is 7.87. The van der Waals surface area contributed by atoms with E-state index in [0.29, 0.717) is 23.0 Å². The van der Waals surface area contributed by atoms with E-state index in [1.54, 1.807) is 35.6 Å². The molecular formula is C19H15ClFN3OS. The van der Waals surface area contributed by atoms with Gasteiger partial charge in [0.2, 0.25) is 0 Å². The van der Waals surface area contributed by atoms with Gasteiger partial charge in [0, 0.05) is 40.4 Å². The van der Waals surface area contributed by atoms with Gasteiger partial charge in [0.05, 0.1) is 5.69 Å². The lowest BCUT2D eigenvalue weighted by Crippen LogP contribution is -2.24. The van der Waals surface area contributed by atoms with E-state index in [1.165, 1.54) is 12.1 Å². The number of halogens is 2. The minimum atomic E-state index is -0.303. The van der Waals surface area contributed by atoms with Crippen molar-refractivity contribution in [1.82, 2.24) is 15.1 Å². The number of nitrogens with zero attached hydrogens (tertiary/aromatic N) is 2. The van der Waals surface area contributed by atoms with Crippen LogP contribution in [0.5, 0.6) is 0 Å². The Hall–Kier alpha value is -2.31. The van der Waals surface area contributed by atoms with E-state index >= 15 is 0 Å². The van der Waals surface area contributed by atoms with Crippen LogP contribution in [0, 0.1) is 5.82 Å². The first-order valence-corrected chi connectivity index (χ1v) is 9.41. The molecule has 3 aromatic rings. The van der Waals surface area contributed by atoms with Crippen LogP contribution in [0.1, 0.15) is 21.6 Å². The highest BCUT2D eigenvalue weighted by Crippen LogP contribution is 2.42. The molecular weight excluding hydrogens is 373 g/mol. The summed E-state index contributed by atoms with van der Waals surface area (Å²) in [5.74, 6) is 0.0572. The number of nitrogens with one attached hydrogen (secondary N) is 1. The molecule has 7 heteroatoms. The topological polar surface area (TPSA) is 46.9 Å². The maximum absolute atomic E-state index is 13.7. The Morgan fingerprint density at radius 3 is 2.96 bits per heavy atom. The molecule has 1 N–H and O–H groups in total. The molecule has 1 aliphatic rings. The van der Waals surface area contributed by atoms with Gasteiger partial charge in [-0.15, -0.1) is 11.8 Å². The van der Waals surface area contributed by atoms with Crippen LogP contribution in [-0.4, -0.2) is 15.7 Å². The van der Waals surface area contributed by atoms with Crippen molar-refractivity contribution in [2.24, 2.45) is 7.05 Å². The Bertz CT molecular complexity index is 1020. The zero-order valence-corrected chi connectivity index (χ0v) is 15.5. The molecule has 0 spiro atoms. The Morgan fingerprint density at radius 2 is 2.15 bits per heavy atom. The van der Waals surface area contributed by atoms with E-state index < -0.39 is 0 Å². The summed E-state index contributed by atoms with van der Waals surface area (Å²) >= 11 is 7.72. The average Bonchev–Trinajstić information content (AvgIpc) is 2.98. The lowest BCUT2D eigenvalue weighted by atomic mass is 10.1. The molecule has 26 heavy (non-hydrogen) atoms. The number of carbonyl (C=O) groups excluding carboxylic acids is 1. The lowest BCUT2D eigenvalue weighted by molar-refractivity contribution is 0.0944. The van der Waals surface area contributed by atoms with Crippen molar-refractivity contribution in [2.45, 2.75) is 17.2 Å². The first-order chi connectivity index (χ1) is 12.5. The third-order valence-corrected chi connectivity index (χ3v) is 5.80. The molecule has 2 heterocycles. The van der Waals surface area contributed by atoms with Gasteiger partial charge in [-0.25, -0.2) is 4.39 Å². The van der Waals surface area contributed by atoms with Gasteiger partial charge in [0.1, 0.15) is 5.82 Å². The molecule has 0 bridgehead atoms. The molecule has 1 amide bonds. The molecule has 1 aliphatic heterocycles. The van der Waals surface area contributed by atoms with E-state index in [2.05, 4.69) is 10.4 Å². The van der Waals surface area contributed by atoms with Crippen molar-refractivity contribution in [2.75, 3.05) is 0 Å². The first-order valence-electron chi connectivity index (χ1n) is 8.05. The summed E-state index contributed by atoms with van der Waals surface area (Å²) in [6.45, 7) is 0.322. The van der Waals surface area contributed by atoms with Crippen LogP contribution in [0.25, 0.3) is 11.3 Å². The second-order valence-electron chi connectivity index (χ2n) is 6.00. The van der Waals surface area contributed by atoms with Crippen molar-refractivity contribution in [3.8, 4) is 11.3 Å². The van der Waals surface area contributed by atoms with Gasteiger partial charge in [0.25, 0.3) is 5.91 Å². The van der Waals surface area contributed by atoms with Crippen LogP contribution in [0.15, 0.2) is 47.4 Å². The molecule has 0 unspecified atom stereocenters. The smallest absolute Gasteiger partial charge is 0.272 e. The first kappa shape index (κ1) is 17.1. The molecule has 0 aliphatic carbocycles. The second-order valence-corrected chi connectivity index (χ2v) is 7.43. The minimum absolute atomic E-state index is 0.262. The zero-order chi connectivity index (χ0) is 18.3.